The first-order valence-electron chi connectivity index (χ1n) is 7.15. The summed E-state index contributed by atoms with van der Waals surface area (Å²) in [6.45, 7) is 8.52. The van der Waals surface area contributed by atoms with Crippen LogP contribution in [0, 0.1) is 0 Å². The fourth-order valence-corrected chi connectivity index (χ4v) is 1.91. The van der Waals surface area contributed by atoms with Gasteiger partial charge in [-0.3, -0.25) is 0 Å². The van der Waals surface area contributed by atoms with E-state index in [1.165, 1.54) is 5.56 Å². The van der Waals surface area contributed by atoms with Crippen molar-refractivity contribution < 1.29 is 4.79 Å². The van der Waals surface area contributed by atoms with Crippen molar-refractivity contribution in [2.75, 3.05) is 20.1 Å². The number of hydrogen-bond acceptors (Lipinski definition) is 2. The van der Waals surface area contributed by atoms with Gasteiger partial charge in [0.1, 0.15) is 0 Å². The number of carbonyl (C=O) groups is 1. The number of nitrogens with one attached hydrogen (secondary N) is 2. The Kier molecular flexibility index (Phi) is 6.52. The van der Waals surface area contributed by atoms with Gasteiger partial charge in [-0.05, 0) is 46.3 Å². The molecule has 0 bridgehead atoms. The highest BCUT2D eigenvalue weighted by molar-refractivity contribution is 5.74. The van der Waals surface area contributed by atoms with Crippen LogP contribution in [0.5, 0.6) is 0 Å². The van der Waals surface area contributed by atoms with Crippen LogP contribution < -0.4 is 10.6 Å². The molecule has 0 aliphatic carbocycles. The number of benzene rings is 1. The zero-order valence-electron chi connectivity index (χ0n) is 13.1. The average molecular weight is 277 g/mol. The lowest BCUT2D eigenvalue weighted by Crippen LogP contribution is -2.46. The van der Waals surface area contributed by atoms with Crippen LogP contribution in [0.4, 0.5) is 4.79 Å². The number of hydrogen-bond donors (Lipinski definition) is 2. The predicted molar refractivity (Wildman–Crippen MR) is 83.7 cm³/mol. The SMILES string of the molecule is CN(CCCNC(=O)NC(C)(C)C)Cc1ccccc1. The summed E-state index contributed by atoms with van der Waals surface area (Å²) in [6.07, 6.45) is 0.945. The Balaban J connectivity index is 2.13. The summed E-state index contributed by atoms with van der Waals surface area (Å²) in [4.78, 5) is 13.8. The highest BCUT2D eigenvalue weighted by Gasteiger charge is 2.12. The third-order valence-electron chi connectivity index (χ3n) is 2.79. The van der Waals surface area contributed by atoms with Gasteiger partial charge in [0.25, 0.3) is 0 Å². The van der Waals surface area contributed by atoms with E-state index in [2.05, 4.69) is 46.8 Å². The van der Waals surface area contributed by atoms with Crippen molar-refractivity contribution in [3.05, 3.63) is 35.9 Å². The molecule has 1 aromatic carbocycles. The van der Waals surface area contributed by atoms with Crippen molar-refractivity contribution in [3.8, 4) is 0 Å². The Bertz CT molecular complexity index is 398. The average Bonchev–Trinajstić information content (AvgIpc) is 2.34. The fraction of sp³-hybridized carbons (Fsp3) is 0.562. The second-order valence-electron chi connectivity index (χ2n) is 6.21. The molecule has 2 amide bonds. The molecule has 0 fully saturated rings. The molecule has 4 heteroatoms. The van der Waals surface area contributed by atoms with Crippen LogP contribution in [0.2, 0.25) is 0 Å². The van der Waals surface area contributed by atoms with Crippen LogP contribution in [0.25, 0.3) is 0 Å². The van der Waals surface area contributed by atoms with Gasteiger partial charge in [-0.1, -0.05) is 30.3 Å². The number of nitrogens with zero attached hydrogens (tertiary/aromatic N) is 1. The van der Waals surface area contributed by atoms with E-state index in [9.17, 15) is 4.79 Å². The maximum atomic E-state index is 11.6. The molecule has 1 aromatic rings. The fourth-order valence-electron chi connectivity index (χ4n) is 1.91. The van der Waals surface area contributed by atoms with Gasteiger partial charge < -0.3 is 15.5 Å². The quantitative estimate of drug-likeness (QED) is 0.785. The maximum Gasteiger partial charge on any atom is 0.315 e. The summed E-state index contributed by atoms with van der Waals surface area (Å²) >= 11 is 0. The molecule has 0 aliphatic rings. The molecular weight excluding hydrogens is 250 g/mol. The van der Waals surface area contributed by atoms with Crippen LogP contribution >= 0.6 is 0 Å². The Labute approximate surface area is 122 Å². The number of urea groups is 1. The summed E-state index contributed by atoms with van der Waals surface area (Å²) < 4.78 is 0. The first-order valence-corrected chi connectivity index (χ1v) is 7.15. The minimum Gasteiger partial charge on any atom is -0.338 e. The van der Waals surface area contributed by atoms with Crippen molar-refractivity contribution in [1.29, 1.82) is 0 Å². The van der Waals surface area contributed by atoms with Gasteiger partial charge in [-0.15, -0.1) is 0 Å². The Morgan fingerprint density at radius 3 is 2.45 bits per heavy atom. The van der Waals surface area contributed by atoms with E-state index >= 15 is 0 Å². The molecule has 0 saturated heterocycles. The lowest BCUT2D eigenvalue weighted by atomic mass is 10.1. The normalized spacial score (nSPS) is 11.4. The standard InChI is InChI=1S/C16H27N3O/c1-16(2,3)18-15(20)17-11-8-12-19(4)13-14-9-6-5-7-10-14/h5-7,9-10H,8,11-13H2,1-4H3,(H2,17,18,20). The van der Waals surface area contributed by atoms with Gasteiger partial charge in [0.05, 0.1) is 0 Å². The number of rotatable bonds is 6. The molecule has 0 aromatic heterocycles. The molecule has 0 spiro atoms. The van der Waals surface area contributed by atoms with E-state index in [0.29, 0.717) is 6.54 Å². The van der Waals surface area contributed by atoms with E-state index in [0.717, 1.165) is 19.5 Å². The highest BCUT2D eigenvalue weighted by Crippen LogP contribution is 2.02. The number of carbonyl (C=O) groups excluding carboxylic acids is 1. The summed E-state index contributed by atoms with van der Waals surface area (Å²) in [5, 5.41) is 5.77. The van der Waals surface area contributed by atoms with E-state index in [1.54, 1.807) is 0 Å². The van der Waals surface area contributed by atoms with Gasteiger partial charge in [0.2, 0.25) is 0 Å². The largest absolute Gasteiger partial charge is 0.338 e. The first-order chi connectivity index (χ1) is 9.37. The second-order valence-corrected chi connectivity index (χ2v) is 6.21. The highest BCUT2D eigenvalue weighted by atomic mass is 16.2. The maximum absolute atomic E-state index is 11.6. The van der Waals surface area contributed by atoms with Crippen molar-refractivity contribution in [3.63, 3.8) is 0 Å². The summed E-state index contributed by atoms with van der Waals surface area (Å²) in [6, 6.07) is 10.3. The molecule has 2 N–H and O–H groups in total. The summed E-state index contributed by atoms with van der Waals surface area (Å²) in [5.41, 5.74) is 1.13. The first kappa shape index (κ1) is 16.5. The molecular formula is C16H27N3O. The molecule has 112 valence electrons. The summed E-state index contributed by atoms with van der Waals surface area (Å²) in [7, 11) is 2.10. The van der Waals surface area contributed by atoms with E-state index in [1.807, 2.05) is 26.8 Å². The molecule has 0 atom stereocenters. The van der Waals surface area contributed by atoms with Crippen LogP contribution in [-0.4, -0.2) is 36.6 Å². The van der Waals surface area contributed by atoms with E-state index < -0.39 is 0 Å². The van der Waals surface area contributed by atoms with Crippen molar-refractivity contribution in [1.82, 2.24) is 15.5 Å². The van der Waals surface area contributed by atoms with Crippen molar-refractivity contribution in [2.45, 2.75) is 39.3 Å². The third kappa shape index (κ3) is 7.79. The Morgan fingerprint density at radius 2 is 1.85 bits per heavy atom. The van der Waals surface area contributed by atoms with Gasteiger partial charge in [0, 0.05) is 18.6 Å². The molecule has 0 aliphatic heterocycles. The van der Waals surface area contributed by atoms with Crippen LogP contribution in [0.1, 0.15) is 32.8 Å². The van der Waals surface area contributed by atoms with E-state index in [-0.39, 0.29) is 11.6 Å². The van der Waals surface area contributed by atoms with Crippen LogP contribution in [-0.2, 0) is 6.54 Å². The molecule has 1 rings (SSSR count). The lowest BCUT2D eigenvalue weighted by Gasteiger charge is -2.21. The Hall–Kier alpha value is -1.55. The molecule has 0 heterocycles. The monoisotopic (exact) mass is 277 g/mol. The molecule has 0 saturated carbocycles. The third-order valence-corrected chi connectivity index (χ3v) is 2.79. The van der Waals surface area contributed by atoms with Crippen molar-refractivity contribution >= 4 is 6.03 Å². The smallest absolute Gasteiger partial charge is 0.315 e. The van der Waals surface area contributed by atoms with Crippen LogP contribution in [0.15, 0.2) is 30.3 Å². The van der Waals surface area contributed by atoms with Crippen molar-refractivity contribution in [2.24, 2.45) is 0 Å². The molecule has 20 heavy (non-hydrogen) atoms. The zero-order valence-corrected chi connectivity index (χ0v) is 13.1. The molecule has 0 radical (unpaired) electrons. The number of amides is 2. The minimum absolute atomic E-state index is 0.0942. The van der Waals surface area contributed by atoms with Gasteiger partial charge in [0.15, 0.2) is 0 Å². The topological polar surface area (TPSA) is 44.4 Å². The predicted octanol–water partition coefficient (Wildman–Crippen LogP) is 2.61. The summed E-state index contributed by atoms with van der Waals surface area (Å²) in [5.74, 6) is 0. The molecule has 4 nitrogen and oxygen atoms in total. The zero-order chi connectivity index (χ0) is 15.0. The molecule has 0 unspecified atom stereocenters. The lowest BCUT2D eigenvalue weighted by molar-refractivity contribution is 0.231. The van der Waals surface area contributed by atoms with Gasteiger partial charge >= 0.3 is 6.03 Å². The van der Waals surface area contributed by atoms with Crippen LogP contribution in [0.3, 0.4) is 0 Å². The van der Waals surface area contributed by atoms with Gasteiger partial charge in [-0.25, -0.2) is 4.79 Å². The van der Waals surface area contributed by atoms with E-state index in [4.69, 9.17) is 0 Å². The van der Waals surface area contributed by atoms with Gasteiger partial charge in [-0.2, -0.15) is 0 Å². The Morgan fingerprint density at radius 1 is 1.20 bits per heavy atom. The second kappa shape index (κ2) is 7.90. The minimum atomic E-state index is -0.186.